The zero-order valence-corrected chi connectivity index (χ0v) is 21.9. The highest BCUT2D eigenvalue weighted by atomic mass is 32.2. The summed E-state index contributed by atoms with van der Waals surface area (Å²) in [5.41, 5.74) is 5.44. The molecule has 0 fully saturated rings. The molecule has 0 aliphatic carbocycles. The van der Waals surface area contributed by atoms with Crippen molar-refractivity contribution in [1.82, 2.24) is 30.3 Å². The number of benzene rings is 3. The number of aromatic nitrogens is 5. The average molecular weight is 521 g/mol. The first-order chi connectivity index (χ1) is 18.7. The standard InChI is InChI=1S/C30H28N6OS/c1-22-13-15-25(16-14-22)36-27(21-38-30-32-18-8-19-33-30)28(34-35-36)29(37)31-20-17-26(23-9-4-2-5-10-23)24-11-6-3-7-12-24/h2-16,18-19,26H,17,20-21H2,1H3,(H,31,37). The molecule has 1 amide bonds. The van der Waals surface area contributed by atoms with Crippen molar-refractivity contribution in [3.05, 3.63) is 131 Å². The highest BCUT2D eigenvalue weighted by Gasteiger charge is 2.22. The van der Waals surface area contributed by atoms with E-state index in [1.165, 1.54) is 22.9 Å². The maximum atomic E-state index is 13.4. The van der Waals surface area contributed by atoms with Crippen LogP contribution in [0.25, 0.3) is 5.69 Å². The number of hydrogen-bond acceptors (Lipinski definition) is 6. The van der Waals surface area contributed by atoms with Gasteiger partial charge in [-0.05, 0) is 42.7 Å². The summed E-state index contributed by atoms with van der Waals surface area (Å²) in [5.74, 6) is 0.378. The fourth-order valence-corrected chi connectivity index (χ4v) is 5.10. The van der Waals surface area contributed by atoms with Crippen LogP contribution in [0.3, 0.4) is 0 Å². The van der Waals surface area contributed by atoms with Gasteiger partial charge in [0.15, 0.2) is 10.9 Å². The minimum atomic E-state index is -0.243. The Morgan fingerprint density at radius 3 is 2.13 bits per heavy atom. The van der Waals surface area contributed by atoms with Gasteiger partial charge in [0.2, 0.25) is 0 Å². The van der Waals surface area contributed by atoms with E-state index in [1.54, 1.807) is 23.1 Å². The average Bonchev–Trinajstić information content (AvgIpc) is 3.40. The van der Waals surface area contributed by atoms with Crippen molar-refractivity contribution in [3.8, 4) is 5.69 Å². The minimum absolute atomic E-state index is 0.172. The van der Waals surface area contributed by atoms with Crippen LogP contribution in [0.15, 0.2) is 109 Å². The van der Waals surface area contributed by atoms with Gasteiger partial charge < -0.3 is 5.32 Å². The molecule has 2 aromatic heterocycles. The third kappa shape index (κ3) is 6.15. The number of thioether (sulfide) groups is 1. The zero-order valence-electron chi connectivity index (χ0n) is 21.1. The molecule has 7 nitrogen and oxygen atoms in total. The van der Waals surface area contributed by atoms with Crippen LogP contribution in [0.2, 0.25) is 0 Å². The van der Waals surface area contributed by atoms with Crippen LogP contribution in [0.1, 0.15) is 45.2 Å². The maximum Gasteiger partial charge on any atom is 0.273 e. The van der Waals surface area contributed by atoms with Gasteiger partial charge in [0, 0.05) is 30.6 Å². The van der Waals surface area contributed by atoms with E-state index in [1.807, 2.05) is 67.6 Å². The monoisotopic (exact) mass is 520 g/mol. The smallest absolute Gasteiger partial charge is 0.273 e. The van der Waals surface area contributed by atoms with E-state index in [0.717, 1.165) is 17.7 Å². The molecule has 1 N–H and O–H groups in total. The Morgan fingerprint density at radius 1 is 0.868 bits per heavy atom. The minimum Gasteiger partial charge on any atom is -0.351 e. The second-order valence-electron chi connectivity index (χ2n) is 8.87. The van der Waals surface area contributed by atoms with E-state index in [9.17, 15) is 4.79 Å². The summed E-state index contributed by atoms with van der Waals surface area (Å²) >= 11 is 1.44. The van der Waals surface area contributed by atoms with Crippen molar-refractivity contribution in [1.29, 1.82) is 0 Å². The van der Waals surface area contributed by atoms with Crippen LogP contribution in [0, 0.1) is 6.92 Å². The number of aryl methyl sites for hydroxylation is 1. The van der Waals surface area contributed by atoms with Crippen molar-refractivity contribution < 1.29 is 4.79 Å². The molecule has 0 radical (unpaired) electrons. The molecule has 0 aliphatic heterocycles. The number of hydrogen-bond donors (Lipinski definition) is 1. The Balaban J connectivity index is 1.34. The van der Waals surface area contributed by atoms with Crippen LogP contribution in [0.5, 0.6) is 0 Å². The van der Waals surface area contributed by atoms with Crippen LogP contribution in [-0.4, -0.2) is 37.4 Å². The van der Waals surface area contributed by atoms with Crippen LogP contribution in [0.4, 0.5) is 0 Å². The molecule has 0 unspecified atom stereocenters. The second kappa shape index (κ2) is 12.3. The van der Waals surface area contributed by atoms with Crippen LogP contribution in [-0.2, 0) is 5.75 Å². The van der Waals surface area contributed by atoms with E-state index < -0.39 is 0 Å². The van der Waals surface area contributed by atoms with Gasteiger partial charge in [-0.3, -0.25) is 4.79 Å². The van der Waals surface area contributed by atoms with Gasteiger partial charge in [-0.25, -0.2) is 14.6 Å². The summed E-state index contributed by atoms with van der Waals surface area (Å²) in [6.45, 7) is 2.53. The first-order valence-electron chi connectivity index (χ1n) is 12.5. The summed E-state index contributed by atoms with van der Waals surface area (Å²) in [5, 5.41) is 12.3. The first-order valence-corrected chi connectivity index (χ1v) is 13.5. The van der Waals surface area contributed by atoms with Crippen molar-refractivity contribution in [2.45, 2.75) is 30.2 Å². The molecule has 5 rings (SSSR count). The van der Waals surface area contributed by atoms with Crippen molar-refractivity contribution in [3.63, 3.8) is 0 Å². The lowest BCUT2D eigenvalue weighted by molar-refractivity contribution is 0.0947. The SMILES string of the molecule is Cc1ccc(-n2nnc(C(=O)NCCC(c3ccccc3)c3ccccc3)c2CSc2ncccn2)cc1. The Morgan fingerprint density at radius 2 is 1.50 bits per heavy atom. The topological polar surface area (TPSA) is 85.6 Å². The number of nitrogens with one attached hydrogen (secondary N) is 1. The molecular weight excluding hydrogens is 492 g/mol. The molecule has 190 valence electrons. The molecule has 0 aliphatic rings. The molecular formula is C30H28N6OS. The van der Waals surface area contributed by atoms with Crippen LogP contribution < -0.4 is 5.32 Å². The van der Waals surface area contributed by atoms with E-state index in [2.05, 4.69) is 49.9 Å². The third-order valence-corrected chi connectivity index (χ3v) is 7.15. The lowest BCUT2D eigenvalue weighted by atomic mass is 9.88. The molecule has 0 saturated carbocycles. The fourth-order valence-electron chi connectivity index (χ4n) is 4.30. The van der Waals surface area contributed by atoms with E-state index in [-0.39, 0.29) is 11.8 Å². The summed E-state index contributed by atoms with van der Waals surface area (Å²) in [7, 11) is 0. The molecule has 3 aromatic carbocycles. The molecule has 2 heterocycles. The predicted molar refractivity (Wildman–Crippen MR) is 149 cm³/mol. The van der Waals surface area contributed by atoms with Gasteiger partial charge in [0.05, 0.1) is 11.4 Å². The largest absolute Gasteiger partial charge is 0.351 e. The van der Waals surface area contributed by atoms with Crippen LogP contribution >= 0.6 is 11.8 Å². The second-order valence-corrected chi connectivity index (χ2v) is 9.81. The van der Waals surface area contributed by atoms with E-state index >= 15 is 0 Å². The molecule has 5 aromatic rings. The number of amides is 1. The van der Waals surface area contributed by atoms with Crippen molar-refractivity contribution >= 4 is 17.7 Å². The molecule has 0 saturated heterocycles. The maximum absolute atomic E-state index is 13.4. The molecule has 8 heteroatoms. The Hall–Kier alpha value is -4.30. The third-order valence-electron chi connectivity index (χ3n) is 6.26. The normalized spacial score (nSPS) is 11.0. The Kier molecular flexibility index (Phi) is 8.20. The first kappa shape index (κ1) is 25.4. The summed E-state index contributed by atoms with van der Waals surface area (Å²) in [6, 6.07) is 30.5. The van der Waals surface area contributed by atoms with Gasteiger partial charge in [-0.15, -0.1) is 5.10 Å². The van der Waals surface area contributed by atoms with Gasteiger partial charge >= 0.3 is 0 Å². The highest BCUT2D eigenvalue weighted by molar-refractivity contribution is 7.98. The van der Waals surface area contributed by atoms with Gasteiger partial charge in [0.1, 0.15) is 0 Å². The highest BCUT2D eigenvalue weighted by Crippen LogP contribution is 2.28. The number of rotatable bonds is 10. The van der Waals surface area contributed by atoms with E-state index in [4.69, 9.17) is 0 Å². The van der Waals surface area contributed by atoms with Gasteiger partial charge in [-0.1, -0.05) is 95.3 Å². The van der Waals surface area contributed by atoms with E-state index in [0.29, 0.717) is 28.8 Å². The van der Waals surface area contributed by atoms with Gasteiger partial charge in [0.25, 0.3) is 5.91 Å². The molecule has 0 atom stereocenters. The molecule has 0 bridgehead atoms. The molecule has 0 spiro atoms. The number of nitrogens with zero attached hydrogens (tertiary/aromatic N) is 5. The zero-order chi connectivity index (χ0) is 26.2. The number of carbonyl (C=O) groups excluding carboxylic acids is 1. The lowest BCUT2D eigenvalue weighted by Gasteiger charge is -2.18. The van der Waals surface area contributed by atoms with Gasteiger partial charge in [-0.2, -0.15) is 0 Å². The van der Waals surface area contributed by atoms with Crippen molar-refractivity contribution in [2.75, 3.05) is 6.54 Å². The fraction of sp³-hybridized carbons (Fsp3) is 0.167. The summed E-state index contributed by atoms with van der Waals surface area (Å²) in [4.78, 5) is 22.0. The molecule has 38 heavy (non-hydrogen) atoms. The summed E-state index contributed by atoms with van der Waals surface area (Å²) < 4.78 is 1.72. The Bertz CT molecular complexity index is 1420. The predicted octanol–water partition coefficient (Wildman–Crippen LogP) is 5.61. The Labute approximate surface area is 226 Å². The summed E-state index contributed by atoms with van der Waals surface area (Å²) in [6.07, 6.45) is 4.16. The quantitative estimate of drug-likeness (QED) is 0.190. The number of carbonyl (C=O) groups is 1. The lowest BCUT2D eigenvalue weighted by Crippen LogP contribution is -2.27. The van der Waals surface area contributed by atoms with Crippen molar-refractivity contribution in [2.24, 2.45) is 0 Å².